The van der Waals surface area contributed by atoms with E-state index in [1.165, 1.54) is 24.3 Å². The van der Waals surface area contributed by atoms with E-state index in [1.807, 2.05) is 0 Å². The minimum absolute atomic E-state index is 0.133. The number of aromatic nitrogens is 1. The van der Waals surface area contributed by atoms with Crippen LogP contribution in [0.25, 0.3) is 0 Å². The van der Waals surface area contributed by atoms with E-state index in [0.29, 0.717) is 17.0 Å². The van der Waals surface area contributed by atoms with Gasteiger partial charge in [0.05, 0.1) is 24.2 Å². The first kappa shape index (κ1) is 17.1. The fraction of sp³-hybridized carbons (Fsp3) is 0.389. The standard InChI is InChI=1S/C18H19FN2O4/c1-10-15(11(2)25-20-10)9-21-16(22)8-7-14(18(23)24)17(21)12-3-5-13(19)6-4-12/h3-6,14,17H,7-9H2,1-2H3,(H,23,24). The highest BCUT2D eigenvalue weighted by molar-refractivity contribution is 5.81. The molecular weight excluding hydrogens is 327 g/mol. The Labute approximate surface area is 144 Å². The summed E-state index contributed by atoms with van der Waals surface area (Å²) in [6.45, 7) is 3.75. The normalized spacial score (nSPS) is 20.8. The first-order valence-electron chi connectivity index (χ1n) is 8.08. The van der Waals surface area contributed by atoms with E-state index in [0.717, 1.165) is 5.56 Å². The van der Waals surface area contributed by atoms with Gasteiger partial charge in [0, 0.05) is 12.0 Å². The van der Waals surface area contributed by atoms with Crippen LogP contribution in [-0.2, 0) is 16.1 Å². The minimum atomic E-state index is -0.967. The Morgan fingerprint density at radius 2 is 2.04 bits per heavy atom. The molecule has 1 fully saturated rings. The molecule has 1 amide bonds. The molecule has 0 saturated carbocycles. The van der Waals surface area contributed by atoms with Crippen molar-refractivity contribution in [3.8, 4) is 0 Å². The van der Waals surface area contributed by atoms with Gasteiger partial charge in [-0.15, -0.1) is 0 Å². The molecule has 2 atom stereocenters. The minimum Gasteiger partial charge on any atom is -0.481 e. The van der Waals surface area contributed by atoms with Crippen LogP contribution >= 0.6 is 0 Å². The van der Waals surface area contributed by atoms with Gasteiger partial charge in [-0.1, -0.05) is 17.3 Å². The van der Waals surface area contributed by atoms with Crippen molar-refractivity contribution in [1.29, 1.82) is 0 Å². The third kappa shape index (κ3) is 3.26. The second kappa shape index (κ2) is 6.66. The van der Waals surface area contributed by atoms with Gasteiger partial charge < -0.3 is 14.5 Å². The van der Waals surface area contributed by atoms with Gasteiger partial charge in [-0.05, 0) is 38.0 Å². The predicted molar refractivity (Wildman–Crippen MR) is 86.0 cm³/mol. The van der Waals surface area contributed by atoms with Crippen LogP contribution < -0.4 is 0 Å². The molecule has 25 heavy (non-hydrogen) atoms. The van der Waals surface area contributed by atoms with E-state index in [9.17, 15) is 19.1 Å². The number of halogens is 1. The lowest BCUT2D eigenvalue weighted by molar-refractivity contribution is -0.152. The Hall–Kier alpha value is -2.70. The zero-order valence-corrected chi connectivity index (χ0v) is 14.0. The number of carboxylic acid groups (broad SMARTS) is 1. The Balaban J connectivity index is 2.02. The summed E-state index contributed by atoms with van der Waals surface area (Å²) in [5, 5.41) is 13.5. The number of benzene rings is 1. The van der Waals surface area contributed by atoms with E-state index in [2.05, 4.69) is 5.16 Å². The molecule has 6 nitrogen and oxygen atoms in total. The molecule has 1 aliphatic rings. The third-order valence-corrected chi connectivity index (χ3v) is 4.74. The molecular formula is C18H19FN2O4. The van der Waals surface area contributed by atoms with Gasteiger partial charge in [0.15, 0.2) is 0 Å². The summed E-state index contributed by atoms with van der Waals surface area (Å²) in [6.07, 6.45) is 0.423. The average Bonchev–Trinajstić information content (AvgIpc) is 2.89. The molecule has 0 aliphatic carbocycles. The van der Waals surface area contributed by atoms with Gasteiger partial charge >= 0.3 is 5.97 Å². The van der Waals surface area contributed by atoms with Crippen molar-refractivity contribution in [3.63, 3.8) is 0 Å². The van der Waals surface area contributed by atoms with Gasteiger partial charge in [-0.3, -0.25) is 9.59 Å². The molecule has 0 bridgehead atoms. The maximum absolute atomic E-state index is 13.3. The van der Waals surface area contributed by atoms with Gasteiger partial charge in [0.25, 0.3) is 0 Å². The van der Waals surface area contributed by atoms with Gasteiger partial charge in [0.1, 0.15) is 11.6 Å². The summed E-state index contributed by atoms with van der Waals surface area (Å²) >= 11 is 0. The van der Waals surface area contributed by atoms with Crippen molar-refractivity contribution in [1.82, 2.24) is 10.1 Å². The number of carbonyl (C=O) groups excluding carboxylic acids is 1. The summed E-state index contributed by atoms with van der Waals surface area (Å²) < 4.78 is 18.4. The molecule has 1 aliphatic heterocycles. The lowest BCUT2D eigenvalue weighted by Crippen LogP contribution is -2.45. The second-order valence-corrected chi connectivity index (χ2v) is 6.30. The largest absolute Gasteiger partial charge is 0.481 e. The van der Waals surface area contributed by atoms with Crippen LogP contribution in [-0.4, -0.2) is 27.0 Å². The number of rotatable bonds is 4. The maximum atomic E-state index is 13.3. The zero-order chi connectivity index (χ0) is 18.1. The highest BCUT2D eigenvalue weighted by atomic mass is 19.1. The van der Waals surface area contributed by atoms with E-state index in [-0.39, 0.29) is 25.3 Å². The van der Waals surface area contributed by atoms with Crippen LogP contribution in [0.3, 0.4) is 0 Å². The van der Waals surface area contributed by atoms with Crippen LogP contribution in [0, 0.1) is 25.6 Å². The number of hydrogen-bond acceptors (Lipinski definition) is 4. The van der Waals surface area contributed by atoms with E-state index in [1.54, 1.807) is 18.7 Å². The van der Waals surface area contributed by atoms with Crippen LogP contribution in [0.2, 0.25) is 0 Å². The molecule has 0 radical (unpaired) electrons. The summed E-state index contributed by atoms with van der Waals surface area (Å²) in [6, 6.07) is 4.97. The molecule has 1 aromatic carbocycles. The molecule has 2 unspecified atom stereocenters. The van der Waals surface area contributed by atoms with Gasteiger partial charge in [-0.2, -0.15) is 0 Å². The van der Waals surface area contributed by atoms with Crippen molar-refractivity contribution >= 4 is 11.9 Å². The van der Waals surface area contributed by atoms with Crippen molar-refractivity contribution in [2.75, 3.05) is 0 Å². The third-order valence-electron chi connectivity index (χ3n) is 4.74. The van der Waals surface area contributed by atoms with Crippen molar-refractivity contribution in [2.24, 2.45) is 5.92 Å². The smallest absolute Gasteiger partial charge is 0.308 e. The summed E-state index contributed by atoms with van der Waals surface area (Å²) in [7, 11) is 0. The summed E-state index contributed by atoms with van der Waals surface area (Å²) in [5.74, 6) is -1.66. The Morgan fingerprint density at radius 1 is 1.36 bits per heavy atom. The highest BCUT2D eigenvalue weighted by Gasteiger charge is 2.41. The zero-order valence-electron chi connectivity index (χ0n) is 14.0. The van der Waals surface area contributed by atoms with Crippen LogP contribution in [0.15, 0.2) is 28.8 Å². The summed E-state index contributed by atoms with van der Waals surface area (Å²) in [4.78, 5) is 25.9. The Bertz CT molecular complexity index is 780. The van der Waals surface area contributed by atoms with Gasteiger partial charge in [-0.25, -0.2) is 4.39 Å². The number of likely N-dealkylation sites (tertiary alicyclic amines) is 1. The fourth-order valence-corrected chi connectivity index (χ4v) is 3.37. The first-order valence-corrected chi connectivity index (χ1v) is 8.08. The van der Waals surface area contributed by atoms with E-state index in [4.69, 9.17) is 4.52 Å². The molecule has 1 aromatic heterocycles. The molecule has 0 spiro atoms. The number of carboxylic acids is 1. The van der Waals surface area contributed by atoms with Gasteiger partial charge in [0.2, 0.25) is 5.91 Å². The number of nitrogens with zero attached hydrogens (tertiary/aromatic N) is 2. The van der Waals surface area contributed by atoms with Crippen LogP contribution in [0.1, 0.15) is 41.5 Å². The number of hydrogen-bond donors (Lipinski definition) is 1. The van der Waals surface area contributed by atoms with Crippen molar-refractivity contribution in [3.05, 3.63) is 52.7 Å². The van der Waals surface area contributed by atoms with Crippen LogP contribution in [0.4, 0.5) is 4.39 Å². The average molecular weight is 346 g/mol. The SMILES string of the molecule is Cc1noc(C)c1CN1C(=O)CCC(C(=O)O)C1c1ccc(F)cc1. The topological polar surface area (TPSA) is 83.6 Å². The number of piperidine rings is 1. The number of aliphatic carboxylic acids is 1. The summed E-state index contributed by atoms with van der Waals surface area (Å²) in [5.41, 5.74) is 2.04. The molecule has 3 rings (SSSR count). The quantitative estimate of drug-likeness (QED) is 0.920. The first-order chi connectivity index (χ1) is 11.9. The number of aryl methyl sites for hydroxylation is 2. The molecule has 132 valence electrons. The second-order valence-electron chi connectivity index (χ2n) is 6.30. The lowest BCUT2D eigenvalue weighted by atomic mass is 9.84. The van der Waals surface area contributed by atoms with Crippen molar-refractivity contribution < 1.29 is 23.6 Å². The number of carbonyl (C=O) groups is 2. The van der Waals surface area contributed by atoms with E-state index < -0.39 is 23.7 Å². The Kier molecular flexibility index (Phi) is 4.57. The van der Waals surface area contributed by atoms with Crippen molar-refractivity contribution in [2.45, 2.75) is 39.3 Å². The highest BCUT2D eigenvalue weighted by Crippen LogP contribution is 2.38. The lowest BCUT2D eigenvalue weighted by Gasteiger charge is -2.39. The molecule has 1 saturated heterocycles. The van der Waals surface area contributed by atoms with Crippen LogP contribution in [0.5, 0.6) is 0 Å². The number of amides is 1. The predicted octanol–water partition coefficient (Wildman–Crippen LogP) is 3.00. The maximum Gasteiger partial charge on any atom is 0.308 e. The Morgan fingerprint density at radius 3 is 2.60 bits per heavy atom. The molecule has 1 N–H and O–H groups in total. The molecule has 2 aromatic rings. The monoisotopic (exact) mass is 346 g/mol. The fourth-order valence-electron chi connectivity index (χ4n) is 3.37. The molecule has 7 heteroatoms. The van der Waals surface area contributed by atoms with E-state index >= 15 is 0 Å². The molecule has 2 heterocycles.